The van der Waals surface area contributed by atoms with Gasteiger partial charge in [-0.05, 0) is 52.0 Å². The zero-order chi connectivity index (χ0) is 15.8. The van der Waals surface area contributed by atoms with E-state index >= 15 is 0 Å². The van der Waals surface area contributed by atoms with Crippen LogP contribution in [0.4, 0.5) is 0 Å². The number of amides is 1. The molecule has 1 aromatic carbocycles. The number of hydrogen-bond donors (Lipinski definition) is 1. The van der Waals surface area contributed by atoms with Crippen LogP contribution in [0.2, 0.25) is 5.02 Å². The van der Waals surface area contributed by atoms with Crippen molar-refractivity contribution >= 4 is 17.5 Å². The standard InChI is InChI=1S/C16H25ClN2O2/c1-12(2)19(13(3)4)10-9-18-16(20)11-21-15-7-5-14(17)6-8-15/h5-8,12-13H,9-11H2,1-4H3,(H,18,20). The third-order valence-electron chi connectivity index (χ3n) is 3.20. The van der Waals surface area contributed by atoms with Crippen molar-refractivity contribution in [2.45, 2.75) is 39.8 Å². The predicted molar refractivity (Wildman–Crippen MR) is 86.9 cm³/mol. The van der Waals surface area contributed by atoms with Gasteiger partial charge in [0.25, 0.3) is 5.91 Å². The molecule has 0 aliphatic heterocycles. The Hall–Kier alpha value is -1.26. The molecule has 0 aromatic heterocycles. The Morgan fingerprint density at radius 3 is 2.29 bits per heavy atom. The van der Waals surface area contributed by atoms with Gasteiger partial charge in [0, 0.05) is 30.2 Å². The minimum atomic E-state index is -0.114. The maximum Gasteiger partial charge on any atom is 0.257 e. The second kappa shape index (κ2) is 8.90. The lowest BCUT2D eigenvalue weighted by Gasteiger charge is -2.30. The summed E-state index contributed by atoms with van der Waals surface area (Å²) in [7, 11) is 0. The second-order valence-corrected chi connectivity index (χ2v) is 5.95. The molecule has 1 aromatic rings. The Kier molecular flexibility index (Phi) is 7.54. The highest BCUT2D eigenvalue weighted by molar-refractivity contribution is 6.30. The van der Waals surface area contributed by atoms with Gasteiger partial charge in [0.1, 0.15) is 5.75 Å². The monoisotopic (exact) mass is 312 g/mol. The number of nitrogens with zero attached hydrogens (tertiary/aromatic N) is 1. The summed E-state index contributed by atoms with van der Waals surface area (Å²) in [5.74, 6) is 0.526. The Labute approximate surface area is 132 Å². The smallest absolute Gasteiger partial charge is 0.257 e. The normalized spacial score (nSPS) is 11.2. The van der Waals surface area contributed by atoms with E-state index < -0.39 is 0 Å². The molecule has 0 fully saturated rings. The average molecular weight is 313 g/mol. The van der Waals surface area contributed by atoms with Crippen LogP contribution in [-0.4, -0.2) is 42.6 Å². The quantitative estimate of drug-likeness (QED) is 0.802. The van der Waals surface area contributed by atoms with Crippen LogP contribution in [-0.2, 0) is 4.79 Å². The Morgan fingerprint density at radius 1 is 1.19 bits per heavy atom. The summed E-state index contributed by atoms with van der Waals surface area (Å²) >= 11 is 5.78. The van der Waals surface area contributed by atoms with E-state index in [-0.39, 0.29) is 12.5 Å². The van der Waals surface area contributed by atoms with Gasteiger partial charge >= 0.3 is 0 Å². The molecule has 1 rings (SSSR count). The predicted octanol–water partition coefficient (Wildman–Crippen LogP) is 2.95. The summed E-state index contributed by atoms with van der Waals surface area (Å²) in [6, 6.07) is 7.89. The van der Waals surface area contributed by atoms with E-state index in [0.29, 0.717) is 29.4 Å². The largest absolute Gasteiger partial charge is 0.484 e. The minimum Gasteiger partial charge on any atom is -0.484 e. The van der Waals surface area contributed by atoms with Crippen molar-refractivity contribution < 1.29 is 9.53 Å². The number of carbonyl (C=O) groups excluding carboxylic acids is 1. The van der Waals surface area contributed by atoms with Crippen molar-refractivity contribution in [2.75, 3.05) is 19.7 Å². The van der Waals surface area contributed by atoms with Crippen LogP contribution in [0.5, 0.6) is 5.75 Å². The van der Waals surface area contributed by atoms with E-state index in [1.807, 2.05) is 0 Å². The van der Waals surface area contributed by atoms with Gasteiger partial charge in [-0.3, -0.25) is 9.69 Å². The highest BCUT2D eigenvalue weighted by Gasteiger charge is 2.13. The van der Waals surface area contributed by atoms with Crippen molar-refractivity contribution in [3.05, 3.63) is 29.3 Å². The van der Waals surface area contributed by atoms with Crippen molar-refractivity contribution in [1.29, 1.82) is 0 Å². The molecule has 0 spiro atoms. The van der Waals surface area contributed by atoms with Gasteiger partial charge < -0.3 is 10.1 Å². The SMILES string of the molecule is CC(C)N(CCNC(=O)COc1ccc(Cl)cc1)C(C)C. The minimum absolute atomic E-state index is 0.0188. The van der Waals surface area contributed by atoms with Crippen LogP contribution in [0.15, 0.2) is 24.3 Å². The summed E-state index contributed by atoms with van der Waals surface area (Å²) in [6.45, 7) is 10.1. The zero-order valence-corrected chi connectivity index (χ0v) is 14.0. The van der Waals surface area contributed by atoms with E-state index in [4.69, 9.17) is 16.3 Å². The first-order valence-corrected chi connectivity index (χ1v) is 7.68. The lowest BCUT2D eigenvalue weighted by atomic mass is 10.2. The lowest BCUT2D eigenvalue weighted by Crippen LogP contribution is -2.43. The molecule has 1 amide bonds. The Balaban J connectivity index is 2.26. The van der Waals surface area contributed by atoms with Crippen molar-refractivity contribution in [3.8, 4) is 5.75 Å². The molecule has 0 aliphatic carbocycles. The van der Waals surface area contributed by atoms with Crippen LogP contribution in [0.25, 0.3) is 0 Å². The topological polar surface area (TPSA) is 41.6 Å². The Morgan fingerprint density at radius 2 is 1.76 bits per heavy atom. The molecular weight excluding hydrogens is 288 g/mol. The summed E-state index contributed by atoms with van der Waals surface area (Å²) in [5.41, 5.74) is 0. The zero-order valence-electron chi connectivity index (χ0n) is 13.2. The van der Waals surface area contributed by atoms with E-state index in [9.17, 15) is 4.79 Å². The van der Waals surface area contributed by atoms with Crippen LogP contribution >= 0.6 is 11.6 Å². The number of rotatable bonds is 8. The van der Waals surface area contributed by atoms with Crippen LogP contribution in [0, 0.1) is 0 Å². The van der Waals surface area contributed by atoms with Gasteiger partial charge in [0.05, 0.1) is 0 Å². The number of ether oxygens (including phenoxy) is 1. The molecule has 0 aliphatic rings. The number of nitrogens with one attached hydrogen (secondary N) is 1. The van der Waals surface area contributed by atoms with Gasteiger partial charge in [-0.2, -0.15) is 0 Å². The van der Waals surface area contributed by atoms with E-state index in [1.165, 1.54) is 0 Å². The van der Waals surface area contributed by atoms with Gasteiger partial charge in [-0.1, -0.05) is 11.6 Å². The summed E-state index contributed by atoms with van der Waals surface area (Å²) < 4.78 is 5.39. The maximum atomic E-state index is 11.7. The molecule has 118 valence electrons. The fourth-order valence-corrected chi connectivity index (χ4v) is 2.29. The summed E-state index contributed by atoms with van der Waals surface area (Å²) in [5, 5.41) is 3.52. The number of halogens is 1. The van der Waals surface area contributed by atoms with Crippen LogP contribution < -0.4 is 10.1 Å². The fourth-order valence-electron chi connectivity index (χ4n) is 2.17. The molecule has 0 atom stereocenters. The third-order valence-corrected chi connectivity index (χ3v) is 3.45. The van der Waals surface area contributed by atoms with Crippen molar-refractivity contribution in [3.63, 3.8) is 0 Å². The molecule has 0 radical (unpaired) electrons. The molecule has 1 N–H and O–H groups in total. The number of benzene rings is 1. The summed E-state index contributed by atoms with van der Waals surface area (Å²) in [4.78, 5) is 14.1. The first-order valence-electron chi connectivity index (χ1n) is 7.31. The second-order valence-electron chi connectivity index (χ2n) is 5.52. The molecule has 0 bridgehead atoms. The molecule has 4 nitrogen and oxygen atoms in total. The first kappa shape index (κ1) is 17.8. The van der Waals surface area contributed by atoms with E-state index in [1.54, 1.807) is 24.3 Å². The molecule has 0 saturated heterocycles. The number of hydrogen-bond acceptors (Lipinski definition) is 3. The average Bonchev–Trinajstić information content (AvgIpc) is 2.42. The lowest BCUT2D eigenvalue weighted by molar-refractivity contribution is -0.123. The number of carbonyl (C=O) groups is 1. The van der Waals surface area contributed by atoms with E-state index in [2.05, 4.69) is 37.9 Å². The van der Waals surface area contributed by atoms with Crippen LogP contribution in [0.3, 0.4) is 0 Å². The molecule has 21 heavy (non-hydrogen) atoms. The van der Waals surface area contributed by atoms with Crippen molar-refractivity contribution in [1.82, 2.24) is 10.2 Å². The van der Waals surface area contributed by atoms with Gasteiger partial charge in [-0.25, -0.2) is 0 Å². The highest BCUT2D eigenvalue weighted by atomic mass is 35.5. The molecule has 0 saturated carbocycles. The van der Waals surface area contributed by atoms with Gasteiger partial charge in [0.2, 0.25) is 0 Å². The highest BCUT2D eigenvalue weighted by Crippen LogP contribution is 2.15. The fraction of sp³-hybridized carbons (Fsp3) is 0.562. The third kappa shape index (κ3) is 6.82. The molecular formula is C16H25ClN2O2. The van der Waals surface area contributed by atoms with Gasteiger partial charge in [0.15, 0.2) is 6.61 Å². The van der Waals surface area contributed by atoms with Crippen LogP contribution in [0.1, 0.15) is 27.7 Å². The van der Waals surface area contributed by atoms with Gasteiger partial charge in [-0.15, -0.1) is 0 Å². The first-order chi connectivity index (χ1) is 9.90. The molecule has 5 heteroatoms. The molecule has 0 unspecified atom stereocenters. The maximum absolute atomic E-state index is 11.7. The van der Waals surface area contributed by atoms with E-state index in [0.717, 1.165) is 6.54 Å². The van der Waals surface area contributed by atoms with Crippen molar-refractivity contribution in [2.24, 2.45) is 0 Å². The summed E-state index contributed by atoms with van der Waals surface area (Å²) in [6.07, 6.45) is 0. The Bertz CT molecular complexity index is 424. The molecule has 0 heterocycles.